The molecule has 7 nitrogen and oxygen atoms in total. The fourth-order valence-electron chi connectivity index (χ4n) is 2.23. The third-order valence-electron chi connectivity index (χ3n) is 3.40. The van der Waals surface area contributed by atoms with Gasteiger partial charge in [0.25, 0.3) is 11.5 Å². The topological polar surface area (TPSA) is 85.6 Å². The molecule has 9 heteroatoms. The van der Waals surface area contributed by atoms with Crippen LogP contribution in [0, 0.1) is 0 Å². The summed E-state index contributed by atoms with van der Waals surface area (Å²) in [7, 11) is 1.59. The molecule has 0 radical (unpaired) electrons. The smallest absolute Gasteiger partial charge is 0.271 e. The van der Waals surface area contributed by atoms with Crippen LogP contribution in [0.15, 0.2) is 40.8 Å². The summed E-state index contributed by atoms with van der Waals surface area (Å²) in [4.78, 5) is 33.7. The van der Waals surface area contributed by atoms with Crippen LogP contribution in [0.1, 0.15) is 10.4 Å². The first-order valence-electron chi connectivity index (χ1n) is 6.86. The second-order valence-corrected chi connectivity index (χ2v) is 6.74. The molecule has 0 bridgehead atoms. The lowest BCUT2D eigenvalue weighted by molar-refractivity contribution is 0.102. The van der Waals surface area contributed by atoms with E-state index in [4.69, 9.17) is 4.74 Å². The van der Waals surface area contributed by atoms with E-state index in [0.717, 1.165) is 16.0 Å². The molecule has 1 amide bonds. The maximum Gasteiger partial charge on any atom is 0.271 e. The Morgan fingerprint density at radius 3 is 3.08 bits per heavy atom. The minimum absolute atomic E-state index is 0.0252. The Morgan fingerprint density at radius 1 is 1.38 bits per heavy atom. The second-order valence-electron chi connectivity index (χ2n) is 4.84. The number of benzene rings is 1. The van der Waals surface area contributed by atoms with Gasteiger partial charge in [-0.15, -0.1) is 11.3 Å². The maximum atomic E-state index is 12.4. The number of fused-ring (bicyclic) bond motifs is 2. The zero-order chi connectivity index (χ0) is 16.7. The Kier molecular flexibility index (Phi) is 3.51. The third kappa shape index (κ3) is 2.43. The molecule has 1 N–H and O–H groups in total. The van der Waals surface area contributed by atoms with E-state index < -0.39 is 11.5 Å². The predicted octanol–water partition coefficient (Wildman–Crippen LogP) is 2.63. The highest BCUT2D eigenvalue weighted by molar-refractivity contribution is 7.22. The van der Waals surface area contributed by atoms with Gasteiger partial charge in [0, 0.05) is 17.8 Å². The second kappa shape index (κ2) is 5.69. The van der Waals surface area contributed by atoms with Gasteiger partial charge in [-0.1, -0.05) is 11.3 Å². The molecule has 0 saturated carbocycles. The maximum absolute atomic E-state index is 12.4. The largest absolute Gasteiger partial charge is 0.497 e. The van der Waals surface area contributed by atoms with E-state index in [1.54, 1.807) is 24.8 Å². The van der Waals surface area contributed by atoms with E-state index in [2.05, 4.69) is 15.3 Å². The quantitative estimate of drug-likeness (QED) is 0.608. The molecule has 0 aliphatic heterocycles. The van der Waals surface area contributed by atoms with Crippen molar-refractivity contribution in [1.29, 1.82) is 0 Å². The normalized spacial score (nSPS) is 11.0. The molecule has 4 rings (SSSR count). The number of aromatic nitrogens is 3. The number of carbonyl (C=O) groups is 1. The number of carbonyl (C=O) groups excluding carboxylic acids is 1. The molecule has 0 fully saturated rings. The standard InChI is InChI=1S/C15H10N4O3S2/c1-22-8-2-3-10-11(6-8)24-14(17-10)18-12(20)9-7-16-15-19(13(9)21)4-5-23-15/h2-7H,1H3,(H,17,18,20). The Balaban J connectivity index is 1.67. The van der Waals surface area contributed by atoms with Crippen molar-refractivity contribution in [3.63, 3.8) is 0 Å². The van der Waals surface area contributed by atoms with Gasteiger partial charge in [0.15, 0.2) is 10.1 Å². The number of amides is 1. The summed E-state index contributed by atoms with van der Waals surface area (Å²) < 4.78 is 7.40. The van der Waals surface area contributed by atoms with E-state index in [-0.39, 0.29) is 5.56 Å². The molecule has 0 aliphatic rings. The van der Waals surface area contributed by atoms with Gasteiger partial charge in [0.2, 0.25) is 0 Å². The first-order chi connectivity index (χ1) is 11.7. The average Bonchev–Trinajstić information content (AvgIpc) is 3.20. The van der Waals surface area contributed by atoms with Crippen LogP contribution < -0.4 is 15.6 Å². The van der Waals surface area contributed by atoms with Crippen molar-refractivity contribution in [3.05, 3.63) is 51.9 Å². The van der Waals surface area contributed by atoms with Crippen LogP contribution in [0.5, 0.6) is 5.75 Å². The van der Waals surface area contributed by atoms with E-state index in [1.807, 2.05) is 12.1 Å². The molecule has 0 unspecified atom stereocenters. The third-order valence-corrected chi connectivity index (χ3v) is 5.11. The van der Waals surface area contributed by atoms with E-state index in [0.29, 0.717) is 10.1 Å². The molecule has 3 heterocycles. The Labute approximate surface area is 143 Å². The van der Waals surface area contributed by atoms with E-state index >= 15 is 0 Å². The van der Waals surface area contributed by atoms with Gasteiger partial charge in [-0.25, -0.2) is 9.97 Å². The summed E-state index contributed by atoms with van der Waals surface area (Å²) in [5, 5.41) is 4.82. The molecule has 0 atom stereocenters. The number of nitrogens with zero attached hydrogens (tertiary/aromatic N) is 3. The van der Waals surface area contributed by atoms with E-state index in [9.17, 15) is 9.59 Å². The number of ether oxygens (including phenoxy) is 1. The van der Waals surface area contributed by atoms with Gasteiger partial charge in [0.1, 0.15) is 11.3 Å². The molecule has 3 aromatic heterocycles. The number of thiazole rings is 2. The number of nitrogens with one attached hydrogen (secondary N) is 1. The molecule has 0 spiro atoms. The average molecular weight is 358 g/mol. The summed E-state index contributed by atoms with van der Waals surface area (Å²) in [5.41, 5.74) is 0.323. The van der Waals surface area contributed by atoms with Crippen molar-refractivity contribution in [1.82, 2.24) is 14.4 Å². The van der Waals surface area contributed by atoms with Gasteiger partial charge in [-0.3, -0.25) is 19.3 Å². The van der Waals surface area contributed by atoms with Crippen molar-refractivity contribution >= 4 is 48.9 Å². The van der Waals surface area contributed by atoms with Gasteiger partial charge >= 0.3 is 0 Å². The molecule has 4 aromatic rings. The monoisotopic (exact) mass is 358 g/mol. The number of rotatable bonds is 3. The zero-order valence-electron chi connectivity index (χ0n) is 12.3. The Hall–Kier alpha value is -2.78. The lowest BCUT2D eigenvalue weighted by atomic mass is 10.3. The molecular weight excluding hydrogens is 348 g/mol. The molecule has 0 saturated heterocycles. The fourth-order valence-corrected chi connectivity index (χ4v) is 3.79. The van der Waals surface area contributed by atoms with Crippen molar-refractivity contribution in [2.24, 2.45) is 0 Å². The lowest BCUT2D eigenvalue weighted by Gasteiger charge is -2.00. The highest BCUT2D eigenvalue weighted by atomic mass is 32.1. The van der Waals surface area contributed by atoms with Crippen molar-refractivity contribution in [3.8, 4) is 5.75 Å². The van der Waals surface area contributed by atoms with E-state index in [1.165, 1.54) is 33.3 Å². The molecule has 1 aromatic carbocycles. The molecule has 120 valence electrons. The summed E-state index contributed by atoms with van der Waals surface area (Å²) in [6.45, 7) is 0. The number of hydrogen-bond donors (Lipinski definition) is 1. The molecule has 0 aliphatic carbocycles. The molecular formula is C15H10N4O3S2. The fraction of sp³-hybridized carbons (Fsp3) is 0.0667. The minimum Gasteiger partial charge on any atom is -0.497 e. The number of anilines is 1. The van der Waals surface area contributed by atoms with Crippen LogP contribution in [0.4, 0.5) is 5.13 Å². The van der Waals surface area contributed by atoms with Crippen LogP contribution in [0.25, 0.3) is 15.2 Å². The Bertz CT molecular complexity index is 1130. The predicted molar refractivity (Wildman–Crippen MR) is 93.5 cm³/mol. The summed E-state index contributed by atoms with van der Waals surface area (Å²) in [5.74, 6) is 0.188. The van der Waals surface area contributed by atoms with Crippen LogP contribution >= 0.6 is 22.7 Å². The van der Waals surface area contributed by atoms with Gasteiger partial charge < -0.3 is 4.74 Å². The summed E-state index contributed by atoms with van der Waals surface area (Å²) >= 11 is 2.64. The van der Waals surface area contributed by atoms with Gasteiger partial charge in [-0.05, 0) is 18.2 Å². The van der Waals surface area contributed by atoms with Crippen LogP contribution in [-0.4, -0.2) is 27.4 Å². The van der Waals surface area contributed by atoms with Gasteiger partial charge in [0.05, 0.1) is 17.3 Å². The van der Waals surface area contributed by atoms with Gasteiger partial charge in [-0.2, -0.15) is 0 Å². The van der Waals surface area contributed by atoms with Crippen molar-refractivity contribution < 1.29 is 9.53 Å². The Morgan fingerprint density at radius 2 is 2.25 bits per heavy atom. The van der Waals surface area contributed by atoms with Crippen LogP contribution in [0.2, 0.25) is 0 Å². The highest BCUT2D eigenvalue weighted by Crippen LogP contribution is 2.29. The summed E-state index contributed by atoms with van der Waals surface area (Å²) in [6.07, 6.45) is 2.88. The number of hydrogen-bond acceptors (Lipinski definition) is 7. The minimum atomic E-state index is -0.529. The highest BCUT2D eigenvalue weighted by Gasteiger charge is 2.16. The van der Waals surface area contributed by atoms with Crippen LogP contribution in [0.3, 0.4) is 0 Å². The molecule has 24 heavy (non-hydrogen) atoms. The van der Waals surface area contributed by atoms with Crippen molar-refractivity contribution in [2.45, 2.75) is 0 Å². The number of methoxy groups -OCH3 is 1. The van der Waals surface area contributed by atoms with Crippen LogP contribution in [-0.2, 0) is 0 Å². The summed E-state index contributed by atoms with van der Waals surface area (Å²) in [6, 6.07) is 5.46. The van der Waals surface area contributed by atoms with Crippen molar-refractivity contribution in [2.75, 3.05) is 12.4 Å². The first-order valence-corrected chi connectivity index (χ1v) is 8.56. The SMILES string of the molecule is COc1ccc2nc(NC(=O)c3cnc4sccn4c3=O)sc2c1. The first kappa shape index (κ1) is 14.8. The zero-order valence-corrected chi connectivity index (χ0v) is 14.0. The lowest BCUT2D eigenvalue weighted by Crippen LogP contribution is -2.25.